The largest absolute Gasteiger partial charge is 0.495 e. The Balaban J connectivity index is 1.86. The minimum Gasteiger partial charge on any atom is -0.495 e. The first-order chi connectivity index (χ1) is 13.9. The molecule has 1 amide bonds. The highest BCUT2D eigenvalue weighted by Gasteiger charge is 2.22. The van der Waals surface area contributed by atoms with Crippen LogP contribution in [0.4, 0.5) is 5.69 Å². The summed E-state index contributed by atoms with van der Waals surface area (Å²) in [6.07, 6.45) is 0. The first-order valence-corrected chi connectivity index (χ1v) is 11.0. The van der Waals surface area contributed by atoms with Crippen molar-refractivity contribution in [2.75, 3.05) is 12.4 Å². The van der Waals surface area contributed by atoms with E-state index in [-0.39, 0.29) is 22.8 Å². The monoisotopic (exact) mass is 474 g/mol. The number of para-hydroxylation sites is 1. The normalized spacial score (nSPS) is 11.1. The molecule has 0 radical (unpaired) electrons. The van der Waals surface area contributed by atoms with E-state index in [9.17, 15) is 13.2 Å². The van der Waals surface area contributed by atoms with Crippen molar-refractivity contribution < 1.29 is 17.9 Å². The third kappa shape index (κ3) is 5.23. The van der Waals surface area contributed by atoms with E-state index in [4.69, 9.17) is 4.74 Å². The summed E-state index contributed by atoms with van der Waals surface area (Å²) in [5.41, 5.74) is 1.60. The number of methoxy groups -OCH3 is 1. The van der Waals surface area contributed by atoms with Crippen LogP contribution in [0, 0.1) is 0 Å². The molecule has 3 aromatic carbocycles. The Morgan fingerprint density at radius 3 is 2.38 bits per heavy atom. The minimum absolute atomic E-state index is 0.101. The second kappa shape index (κ2) is 9.21. The van der Waals surface area contributed by atoms with E-state index in [1.807, 2.05) is 36.4 Å². The van der Waals surface area contributed by atoms with Crippen LogP contribution in [-0.2, 0) is 16.6 Å². The van der Waals surface area contributed by atoms with E-state index in [1.165, 1.54) is 25.3 Å². The van der Waals surface area contributed by atoms with Crippen LogP contribution in [0.25, 0.3) is 0 Å². The van der Waals surface area contributed by atoms with E-state index in [1.54, 1.807) is 18.2 Å². The zero-order valence-corrected chi connectivity index (χ0v) is 18.0. The summed E-state index contributed by atoms with van der Waals surface area (Å²) in [5.74, 6) is -0.276. The van der Waals surface area contributed by atoms with Crippen LogP contribution in [0.1, 0.15) is 15.9 Å². The molecule has 0 aliphatic heterocycles. The Morgan fingerprint density at radius 2 is 1.69 bits per heavy atom. The van der Waals surface area contributed by atoms with Crippen LogP contribution in [0.5, 0.6) is 5.75 Å². The second-order valence-corrected chi connectivity index (χ2v) is 8.70. The number of carbonyl (C=O) groups excluding carboxylic acids is 1. The van der Waals surface area contributed by atoms with Gasteiger partial charge < -0.3 is 10.1 Å². The highest BCUT2D eigenvalue weighted by atomic mass is 79.9. The summed E-state index contributed by atoms with van der Waals surface area (Å²) >= 11 is 3.37. The third-order valence-corrected chi connectivity index (χ3v) is 6.26. The number of amides is 1. The van der Waals surface area contributed by atoms with Gasteiger partial charge in [-0.2, -0.15) is 0 Å². The Kier molecular flexibility index (Phi) is 6.68. The summed E-state index contributed by atoms with van der Waals surface area (Å²) in [5, 5.41) is 2.76. The number of hydrogen-bond acceptors (Lipinski definition) is 4. The van der Waals surface area contributed by atoms with Crippen molar-refractivity contribution in [1.82, 2.24) is 4.72 Å². The number of rotatable bonds is 7. The zero-order valence-electron chi connectivity index (χ0n) is 15.6. The highest BCUT2D eigenvalue weighted by Crippen LogP contribution is 2.27. The maximum Gasteiger partial charge on any atom is 0.255 e. The fraction of sp³-hybridized carbons (Fsp3) is 0.0952. The molecule has 0 saturated heterocycles. The summed E-state index contributed by atoms with van der Waals surface area (Å²) in [7, 11) is -2.52. The summed E-state index contributed by atoms with van der Waals surface area (Å²) in [4.78, 5) is 12.5. The molecule has 150 valence electrons. The van der Waals surface area contributed by atoms with Gasteiger partial charge in [-0.05, 0) is 51.8 Å². The second-order valence-electron chi connectivity index (χ2n) is 6.11. The van der Waals surface area contributed by atoms with Gasteiger partial charge >= 0.3 is 0 Å². The number of halogens is 1. The highest BCUT2D eigenvalue weighted by molar-refractivity contribution is 9.10. The van der Waals surface area contributed by atoms with Gasteiger partial charge in [-0.25, -0.2) is 13.1 Å². The van der Waals surface area contributed by atoms with E-state index in [0.717, 1.165) is 10.0 Å². The van der Waals surface area contributed by atoms with Crippen molar-refractivity contribution in [1.29, 1.82) is 0 Å². The van der Waals surface area contributed by atoms with Crippen LogP contribution in [0.2, 0.25) is 0 Å². The predicted molar refractivity (Wildman–Crippen MR) is 116 cm³/mol. The molecule has 0 spiro atoms. The van der Waals surface area contributed by atoms with Crippen molar-refractivity contribution in [3.63, 3.8) is 0 Å². The fourth-order valence-electron chi connectivity index (χ4n) is 2.64. The standard InChI is InChI=1S/C21H19BrN2O4S/c1-28-19-12-11-16(21(25)24-18-10-6-5-9-17(18)22)13-20(19)29(26,27)23-14-15-7-3-2-4-8-15/h2-13,23H,14H2,1H3,(H,24,25). The fourth-order valence-corrected chi connectivity index (χ4v) is 4.23. The minimum atomic E-state index is -3.90. The Bertz CT molecular complexity index is 1120. The van der Waals surface area contributed by atoms with E-state index in [0.29, 0.717) is 5.69 Å². The molecule has 2 N–H and O–H groups in total. The molecule has 0 heterocycles. The molecule has 8 heteroatoms. The van der Waals surface area contributed by atoms with Gasteiger partial charge in [0.05, 0.1) is 12.8 Å². The first-order valence-electron chi connectivity index (χ1n) is 8.68. The van der Waals surface area contributed by atoms with Crippen LogP contribution in [0.3, 0.4) is 0 Å². The van der Waals surface area contributed by atoms with Gasteiger partial charge in [-0.3, -0.25) is 4.79 Å². The quantitative estimate of drug-likeness (QED) is 0.537. The van der Waals surface area contributed by atoms with Crippen molar-refractivity contribution in [2.24, 2.45) is 0 Å². The molecule has 0 aliphatic rings. The molecule has 0 unspecified atom stereocenters. The average molecular weight is 475 g/mol. The molecule has 0 aliphatic carbocycles. The van der Waals surface area contributed by atoms with Gasteiger partial charge in [0, 0.05) is 16.6 Å². The lowest BCUT2D eigenvalue weighted by Crippen LogP contribution is -2.24. The molecule has 6 nitrogen and oxygen atoms in total. The lowest BCUT2D eigenvalue weighted by molar-refractivity contribution is 0.102. The molecular formula is C21H19BrN2O4S. The van der Waals surface area contributed by atoms with Crippen LogP contribution < -0.4 is 14.8 Å². The van der Waals surface area contributed by atoms with Gasteiger partial charge in [0.15, 0.2) is 0 Å². The van der Waals surface area contributed by atoms with E-state index >= 15 is 0 Å². The van der Waals surface area contributed by atoms with E-state index < -0.39 is 15.9 Å². The number of ether oxygens (including phenoxy) is 1. The van der Waals surface area contributed by atoms with Crippen molar-refractivity contribution >= 4 is 37.5 Å². The molecular weight excluding hydrogens is 456 g/mol. The van der Waals surface area contributed by atoms with Crippen molar-refractivity contribution in [2.45, 2.75) is 11.4 Å². The zero-order chi connectivity index (χ0) is 20.9. The van der Waals surface area contributed by atoms with Gasteiger partial charge in [0.1, 0.15) is 10.6 Å². The molecule has 0 atom stereocenters. The van der Waals surface area contributed by atoms with E-state index in [2.05, 4.69) is 26.0 Å². The molecule has 0 fully saturated rings. The van der Waals surface area contributed by atoms with Crippen LogP contribution in [0.15, 0.2) is 82.2 Å². The summed E-state index contributed by atoms with van der Waals surface area (Å²) in [6.45, 7) is 0.125. The lowest BCUT2D eigenvalue weighted by Gasteiger charge is -2.13. The van der Waals surface area contributed by atoms with Gasteiger partial charge in [0.2, 0.25) is 10.0 Å². The summed E-state index contributed by atoms with van der Waals surface area (Å²) in [6, 6.07) is 20.6. The SMILES string of the molecule is COc1ccc(C(=O)Nc2ccccc2Br)cc1S(=O)(=O)NCc1ccccc1. The maximum atomic E-state index is 12.8. The Labute approximate surface area is 178 Å². The van der Waals surface area contributed by atoms with Gasteiger partial charge in [-0.1, -0.05) is 42.5 Å². The maximum absolute atomic E-state index is 12.8. The van der Waals surface area contributed by atoms with Crippen LogP contribution in [-0.4, -0.2) is 21.4 Å². The number of sulfonamides is 1. The average Bonchev–Trinajstić information content (AvgIpc) is 2.74. The van der Waals surface area contributed by atoms with Crippen LogP contribution >= 0.6 is 15.9 Å². The number of nitrogens with one attached hydrogen (secondary N) is 2. The predicted octanol–water partition coefficient (Wildman–Crippen LogP) is 4.19. The lowest BCUT2D eigenvalue weighted by atomic mass is 10.2. The molecule has 0 aromatic heterocycles. The number of benzene rings is 3. The Hall–Kier alpha value is -2.68. The number of anilines is 1. The van der Waals surface area contributed by atoms with Crippen molar-refractivity contribution in [3.8, 4) is 5.75 Å². The molecule has 0 saturated carbocycles. The molecule has 3 aromatic rings. The number of hydrogen-bond donors (Lipinski definition) is 2. The number of carbonyl (C=O) groups is 1. The first kappa shape index (κ1) is 21.0. The molecule has 29 heavy (non-hydrogen) atoms. The molecule has 0 bridgehead atoms. The van der Waals surface area contributed by atoms with Crippen molar-refractivity contribution in [3.05, 3.63) is 88.4 Å². The summed E-state index contributed by atoms with van der Waals surface area (Å²) < 4.78 is 34.1. The molecule has 3 rings (SSSR count). The Morgan fingerprint density at radius 1 is 1.00 bits per heavy atom. The van der Waals surface area contributed by atoms with Gasteiger partial charge in [-0.15, -0.1) is 0 Å². The topological polar surface area (TPSA) is 84.5 Å². The smallest absolute Gasteiger partial charge is 0.255 e. The van der Waals surface area contributed by atoms with Gasteiger partial charge in [0.25, 0.3) is 5.91 Å². The third-order valence-electron chi connectivity index (χ3n) is 4.15.